The minimum atomic E-state index is 0.134. The minimum absolute atomic E-state index is 0.134. The SMILES string of the molecule is NNC(c1cccnc1)C1CCCc2ccccc21. The first-order chi connectivity index (χ1) is 9.40. The van der Waals surface area contributed by atoms with E-state index >= 15 is 0 Å². The molecule has 0 aliphatic heterocycles. The van der Waals surface area contributed by atoms with E-state index in [1.807, 2.05) is 12.3 Å². The summed E-state index contributed by atoms with van der Waals surface area (Å²) in [4.78, 5) is 4.21. The number of aryl methyl sites for hydroxylation is 1. The largest absolute Gasteiger partial charge is 0.271 e. The number of nitrogens with one attached hydrogen (secondary N) is 1. The van der Waals surface area contributed by atoms with Gasteiger partial charge in [0.2, 0.25) is 0 Å². The number of hydrazine groups is 1. The van der Waals surface area contributed by atoms with Crippen molar-refractivity contribution in [3.63, 3.8) is 0 Å². The Morgan fingerprint density at radius 3 is 2.89 bits per heavy atom. The fourth-order valence-corrected chi connectivity index (χ4v) is 3.14. The smallest absolute Gasteiger partial charge is 0.0543 e. The van der Waals surface area contributed by atoms with Gasteiger partial charge in [0.05, 0.1) is 6.04 Å². The molecule has 3 heteroatoms. The third kappa shape index (κ3) is 2.39. The molecule has 0 spiro atoms. The van der Waals surface area contributed by atoms with E-state index in [0.717, 1.165) is 5.56 Å². The summed E-state index contributed by atoms with van der Waals surface area (Å²) in [6, 6.07) is 12.9. The van der Waals surface area contributed by atoms with Crippen LogP contribution in [0.3, 0.4) is 0 Å². The molecule has 0 fully saturated rings. The second kappa shape index (κ2) is 5.51. The lowest BCUT2D eigenvalue weighted by atomic mass is 9.77. The average Bonchev–Trinajstić information content (AvgIpc) is 2.49. The summed E-state index contributed by atoms with van der Waals surface area (Å²) in [7, 11) is 0. The maximum atomic E-state index is 5.81. The Morgan fingerprint density at radius 1 is 1.21 bits per heavy atom. The van der Waals surface area contributed by atoms with Crippen LogP contribution in [-0.4, -0.2) is 4.98 Å². The van der Waals surface area contributed by atoms with E-state index in [1.165, 1.54) is 30.4 Å². The molecule has 3 nitrogen and oxygen atoms in total. The number of hydrogen-bond acceptors (Lipinski definition) is 3. The summed E-state index contributed by atoms with van der Waals surface area (Å²) in [6.45, 7) is 0. The van der Waals surface area contributed by atoms with Gasteiger partial charge in [-0.25, -0.2) is 0 Å². The zero-order valence-corrected chi connectivity index (χ0v) is 10.9. The minimum Gasteiger partial charge on any atom is -0.271 e. The molecule has 1 aromatic carbocycles. The van der Waals surface area contributed by atoms with Gasteiger partial charge in [-0.3, -0.25) is 16.3 Å². The van der Waals surface area contributed by atoms with Gasteiger partial charge < -0.3 is 0 Å². The molecule has 1 aliphatic carbocycles. The number of hydrogen-bond donors (Lipinski definition) is 2. The summed E-state index contributed by atoms with van der Waals surface area (Å²) in [5.41, 5.74) is 7.04. The monoisotopic (exact) mass is 253 g/mol. The lowest BCUT2D eigenvalue weighted by molar-refractivity contribution is 0.407. The van der Waals surface area contributed by atoms with Crippen molar-refractivity contribution >= 4 is 0 Å². The molecule has 2 aromatic rings. The van der Waals surface area contributed by atoms with Gasteiger partial charge in [0.15, 0.2) is 0 Å². The second-order valence-electron chi connectivity index (χ2n) is 5.13. The molecule has 98 valence electrons. The highest BCUT2D eigenvalue weighted by Gasteiger charge is 2.28. The number of rotatable bonds is 3. The first-order valence-corrected chi connectivity index (χ1v) is 6.84. The van der Waals surface area contributed by atoms with Crippen LogP contribution in [0, 0.1) is 0 Å². The van der Waals surface area contributed by atoms with Gasteiger partial charge >= 0.3 is 0 Å². The van der Waals surface area contributed by atoms with Gasteiger partial charge in [-0.05, 0) is 42.0 Å². The van der Waals surface area contributed by atoms with E-state index in [0.29, 0.717) is 5.92 Å². The lowest BCUT2D eigenvalue weighted by Crippen LogP contribution is -2.34. The van der Waals surface area contributed by atoms with Crippen molar-refractivity contribution in [2.24, 2.45) is 5.84 Å². The Hall–Kier alpha value is -1.71. The highest BCUT2D eigenvalue weighted by Crippen LogP contribution is 2.39. The van der Waals surface area contributed by atoms with Gasteiger partial charge in [-0.15, -0.1) is 0 Å². The number of pyridine rings is 1. The maximum absolute atomic E-state index is 5.81. The number of fused-ring (bicyclic) bond motifs is 1. The summed E-state index contributed by atoms with van der Waals surface area (Å²) in [6.07, 6.45) is 7.27. The highest BCUT2D eigenvalue weighted by molar-refractivity contribution is 5.35. The third-order valence-corrected chi connectivity index (χ3v) is 4.04. The van der Waals surface area contributed by atoms with E-state index < -0.39 is 0 Å². The highest BCUT2D eigenvalue weighted by atomic mass is 15.2. The zero-order chi connectivity index (χ0) is 13.1. The van der Waals surface area contributed by atoms with Crippen LogP contribution in [0.4, 0.5) is 0 Å². The number of nitrogens with two attached hydrogens (primary N) is 1. The normalized spacial score (nSPS) is 19.7. The fourth-order valence-electron chi connectivity index (χ4n) is 3.14. The van der Waals surface area contributed by atoms with E-state index in [4.69, 9.17) is 5.84 Å². The second-order valence-corrected chi connectivity index (χ2v) is 5.13. The van der Waals surface area contributed by atoms with Crippen LogP contribution in [0.2, 0.25) is 0 Å². The van der Waals surface area contributed by atoms with Crippen molar-refractivity contribution in [3.05, 3.63) is 65.5 Å². The lowest BCUT2D eigenvalue weighted by Gasteiger charge is -2.32. The Labute approximate surface area is 113 Å². The topological polar surface area (TPSA) is 50.9 Å². The van der Waals surface area contributed by atoms with Gasteiger partial charge in [0, 0.05) is 18.3 Å². The Balaban J connectivity index is 1.97. The summed E-state index contributed by atoms with van der Waals surface area (Å²) < 4.78 is 0. The van der Waals surface area contributed by atoms with Crippen molar-refractivity contribution in [1.29, 1.82) is 0 Å². The fraction of sp³-hybridized carbons (Fsp3) is 0.312. The van der Waals surface area contributed by atoms with Crippen LogP contribution in [0.1, 0.15) is 41.5 Å². The van der Waals surface area contributed by atoms with Crippen LogP contribution in [0.5, 0.6) is 0 Å². The molecule has 1 aliphatic rings. The van der Waals surface area contributed by atoms with Crippen LogP contribution in [0.15, 0.2) is 48.8 Å². The summed E-state index contributed by atoms with van der Waals surface area (Å²) in [5.74, 6) is 6.24. The maximum Gasteiger partial charge on any atom is 0.0543 e. The molecule has 3 N–H and O–H groups in total. The average molecular weight is 253 g/mol. The van der Waals surface area contributed by atoms with Crippen LogP contribution in [0.25, 0.3) is 0 Å². The standard InChI is InChI=1S/C16H19N3/c17-19-16(13-7-4-10-18-11-13)15-9-3-6-12-5-1-2-8-14(12)15/h1-2,4-5,7-8,10-11,15-16,19H,3,6,9,17H2. The molecular formula is C16H19N3. The van der Waals surface area contributed by atoms with E-state index in [2.05, 4.69) is 40.7 Å². The van der Waals surface area contributed by atoms with Crippen molar-refractivity contribution in [2.45, 2.75) is 31.2 Å². The molecule has 0 radical (unpaired) electrons. The molecule has 2 unspecified atom stereocenters. The van der Waals surface area contributed by atoms with E-state index in [1.54, 1.807) is 6.20 Å². The van der Waals surface area contributed by atoms with E-state index in [9.17, 15) is 0 Å². The molecule has 0 saturated carbocycles. The van der Waals surface area contributed by atoms with Crippen LogP contribution in [-0.2, 0) is 6.42 Å². The molecule has 3 rings (SSSR count). The third-order valence-electron chi connectivity index (χ3n) is 4.04. The number of benzene rings is 1. The molecule has 19 heavy (non-hydrogen) atoms. The Bertz CT molecular complexity index is 539. The van der Waals surface area contributed by atoms with Gasteiger partial charge in [0.25, 0.3) is 0 Å². The van der Waals surface area contributed by atoms with Gasteiger partial charge in [-0.2, -0.15) is 0 Å². The predicted octanol–water partition coefficient (Wildman–Crippen LogP) is 2.71. The molecule has 1 heterocycles. The summed E-state index contributed by atoms with van der Waals surface area (Å²) in [5, 5.41) is 0. The molecular weight excluding hydrogens is 234 g/mol. The van der Waals surface area contributed by atoms with Crippen molar-refractivity contribution in [3.8, 4) is 0 Å². The molecule has 1 aromatic heterocycles. The zero-order valence-electron chi connectivity index (χ0n) is 10.9. The first kappa shape index (κ1) is 12.3. The van der Waals surface area contributed by atoms with Crippen LogP contribution >= 0.6 is 0 Å². The number of nitrogens with zero attached hydrogens (tertiary/aromatic N) is 1. The van der Waals surface area contributed by atoms with Gasteiger partial charge in [-0.1, -0.05) is 30.3 Å². The van der Waals surface area contributed by atoms with Crippen LogP contribution < -0.4 is 11.3 Å². The summed E-state index contributed by atoms with van der Waals surface area (Å²) >= 11 is 0. The van der Waals surface area contributed by atoms with E-state index in [-0.39, 0.29) is 6.04 Å². The molecule has 0 amide bonds. The first-order valence-electron chi connectivity index (χ1n) is 6.84. The molecule has 2 atom stereocenters. The number of aromatic nitrogens is 1. The molecule has 0 bridgehead atoms. The molecule has 0 saturated heterocycles. The van der Waals surface area contributed by atoms with Crippen molar-refractivity contribution in [1.82, 2.24) is 10.4 Å². The Kier molecular flexibility index (Phi) is 3.58. The van der Waals surface area contributed by atoms with Gasteiger partial charge in [0.1, 0.15) is 0 Å². The Morgan fingerprint density at radius 2 is 2.11 bits per heavy atom. The quantitative estimate of drug-likeness (QED) is 0.653. The van der Waals surface area contributed by atoms with Crippen molar-refractivity contribution in [2.75, 3.05) is 0 Å². The predicted molar refractivity (Wildman–Crippen MR) is 76.4 cm³/mol. The van der Waals surface area contributed by atoms with Crippen molar-refractivity contribution < 1.29 is 0 Å².